The molecule has 7 heteroatoms. The molecule has 4 rings (SSSR count). The second-order valence-electron chi connectivity index (χ2n) is 5.67. The molecule has 0 aliphatic heterocycles. The molecule has 25 heavy (non-hydrogen) atoms. The number of nitrogens with one attached hydrogen (secondary N) is 1. The Morgan fingerprint density at radius 2 is 2.12 bits per heavy atom. The molecule has 4 aromatic rings. The van der Waals surface area contributed by atoms with Gasteiger partial charge >= 0.3 is 0 Å². The van der Waals surface area contributed by atoms with Crippen LogP contribution in [0.2, 0.25) is 0 Å². The van der Waals surface area contributed by atoms with Crippen molar-refractivity contribution in [1.82, 2.24) is 14.5 Å². The maximum absolute atomic E-state index is 12.5. The summed E-state index contributed by atoms with van der Waals surface area (Å²) in [4.78, 5) is 18.0. The standard InChI is InChI=1S/C18H16N4O2S/c1-3-15-16(11(2)21-24-15)17(23)19-13-6-4-12(5-7-13)14-10-22-8-9-25-18(22)20-14/h4-10H,3H2,1-2H3,(H,19,23). The van der Waals surface area contributed by atoms with Gasteiger partial charge in [0.2, 0.25) is 0 Å². The molecule has 0 radical (unpaired) electrons. The average molecular weight is 352 g/mol. The first-order valence-electron chi connectivity index (χ1n) is 7.95. The highest BCUT2D eigenvalue weighted by atomic mass is 32.1. The van der Waals surface area contributed by atoms with E-state index in [1.54, 1.807) is 18.3 Å². The van der Waals surface area contributed by atoms with Crippen molar-refractivity contribution < 1.29 is 9.32 Å². The van der Waals surface area contributed by atoms with E-state index in [0.717, 1.165) is 21.9 Å². The van der Waals surface area contributed by atoms with Crippen molar-refractivity contribution in [2.45, 2.75) is 20.3 Å². The zero-order valence-electron chi connectivity index (χ0n) is 13.8. The van der Waals surface area contributed by atoms with Crippen molar-refractivity contribution in [1.29, 1.82) is 0 Å². The van der Waals surface area contributed by atoms with Crippen LogP contribution in [-0.2, 0) is 6.42 Å². The summed E-state index contributed by atoms with van der Waals surface area (Å²) in [7, 11) is 0. The molecular formula is C18H16N4O2S. The van der Waals surface area contributed by atoms with E-state index in [0.29, 0.717) is 23.4 Å². The number of aryl methyl sites for hydroxylation is 2. The van der Waals surface area contributed by atoms with E-state index in [1.165, 1.54) is 0 Å². The summed E-state index contributed by atoms with van der Waals surface area (Å²) in [6.45, 7) is 3.70. The molecule has 0 atom stereocenters. The van der Waals surface area contributed by atoms with Gasteiger partial charge in [-0.3, -0.25) is 9.20 Å². The maximum atomic E-state index is 12.5. The molecule has 0 aliphatic rings. The van der Waals surface area contributed by atoms with Gasteiger partial charge in [0.05, 0.1) is 11.4 Å². The largest absolute Gasteiger partial charge is 0.360 e. The van der Waals surface area contributed by atoms with Crippen molar-refractivity contribution in [3.8, 4) is 11.3 Å². The number of aromatic nitrogens is 3. The summed E-state index contributed by atoms with van der Waals surface area (Å²) in [6, 6.07) is 7.64. The van der Waals surface area contributed by atoms with E-state index in [9.17, 15) is 4.79 Å². The molecule has 6 nitrogen and oxygen atoms in total. The maximum Gasteiger partial charge on any atom is 0.261 e. The number of nitrogens with zero attached hydrogens (tertiary/aromatic N) is 3. The topological polar surface area (TPSA) is 72.4 Å². The third-order valence-electron chi connectivity index (χ3n) is 4.01. The number of imidazole rings is 1. The van der Waals surface area contributed by atoms with Gasteiger partial charge in [0.1, 0.15) is 11.3 Å². The highest BCUT2D eigenvalue weighted by Gasteiger charge is 2.19. The zero-order valence-corrected chi connectivity index (χ0v) is 14.6. The Kier molecular flexibility index (Phi) is 3.85. The molecule has 1 N–H and O–H groups in total. The predicted molar refractivity (Wildman–Crippen MR) is 97.1 cm³/mol. The first kappa shape index (κ1) is 15.6. The summed E-state index contributed by atoms with van der Waals surface area (Å²) >= 11 is 1.60. The number of amides is 1. The second-order valence-corrected chi connectivity index (χ2v) is 6.54. The number of fused-ring (bicyclic) bond motifs is 1. The smallest absolute Gasteiger partial charge is 0.261 e. The second kappa shape index (κ2) is 6.18. The van der Waals surface area contributed by atoms with Gasteiger partial charge in [0, 0.05) is 35.4 Å². The van der Waals surface area contributed by atoms with E-state index in [1.807, 2.05) is 53.4 Å². The minimum Gasteiger partial charge on any atom is -0.360 e. The van der Waals surface area contributed by atoms with Crippen LogP contribution in [0.15, 0.2) is 46.6 Å². The Balaban J connectivity index is 1.55. The van der Waals surface area contributed by atoms with Gasteiger partial charge in [-0.05, 0) is 19.1 Å². The Hall–Kier alpha value is -2.93. The van der Waals surface area contributed by atoms with Crippen LogP contribution in [0.1, 0.15) is 28.7 Å². The third kappa shape index (κ3) is 2.83. The van der Waals surface area contributed by atoms with Crippen LogP contribution in [0.3, 0.4) is 0 Å². The Morgan fingerprint density at radius 3 is 2.84 bits per heavy atom. The van der Waals surface area contributed by atoms with Crippen LogP contribution in [0.25, 0.3) is 16.2 Å². The molecule has 0 spiro atoms. The predicted octanol–water partition coefficient (Wildman–Crippen LogP) is 4.17. The molecule has 126 valence electrons. The molecule has 1 amide bonds. The van der Waals surface area contributed by atoms with Gasteiger partial charge in [-0.2, -0.15) is 0 Å². The lowest BCUT2D eigenvalue weighted by molar-refractivity contribution is 0.102. The fourth-order valence-electron chi connectivity index (χ4n) is 2.73. The molecular weight excluding hydrogens is 336 g/mol. The third-order valence-corrected chi connectivity index (χ3v) is 4.78. The summed E-state index contributed by atoms with van der Waals surface area (Å²) < 4.78 is 7.18. The van der Waals surface area contributed by atoms with Crippen molar-refractivity contribution in [3.63, 3.8) is 0 Å². The normalized spacial score (nSPS) is 11.1. The fourth-order valence-corrected chi connectivity index (χ4v) is 3.43. The zero-order chi connectivity index (χ0) is 17.4. The summed E-state index contributed by atoms with van der Waals surface area (Å²) in [5.74, 6) is 0.399. The van der Waals surface area contributed by atoms with E-state index < -0.39 is 0 Å². The number of anilines is 1. The fraction of sp³-hybridized carbons (Fsp3) is 0.167. The van der Waals surface area contributed by atoms with Gasteiger partial charge in [0.25, 0.3) is 5.91 Å². The molecule has 0 saturated carbocycles. The number of hydrogen-bond acceptors (Lipinski definition) is 5. The quantitative estimate of drug-likeness (QED) is 0.598. The minimum atomic E-state index is -0.203. The van der Waals surface area contributed by atoms with Crippen molar-refractivity contribution in [2.24, 2.45) is 0 Å². The van der Waals surface area contributed by atoms with Crippen molar-refractivity contribution >= 4 is 27.9 Å². The lowest BCUT2D eigenvalue weighted by Gasteiger charge is -2.06. The molecule has 0 fully saturated rings. The molecule has 0 unspecified atom stereocenters. The van der Waals surface area contributed by atoms with Crippen LogP contribution in [-0.4, -0.2) is 20.4 Å². The monoisotopic (exact) mass is 352 g/mol. The van der Waals surface area contributed by atoms with Crippen LogP contribution >= 0.6 is 11.3 Å². The highest BCUT2D eigenvalue weighted by Crippen LogP contribution is 2.24. The number of thiazole rings is 1. The molecule has 3 heterocycles. The van der Waals surface area contributed by atoms with E-state index in [2.05, 4.69) is 15.5 Å². The van der Waals surface area contributed by atoms with Gasteiger partial charge in [0.15, 0.2) is 4.96 Å². The van der Waals surface area contributed by atoms with Gasteiger partial charge in [-0.1, -0.05) is 24.2 Å². The first-order chi connectivity index (χ1) is 12.2. The lowest BCUT2D eigenvalue weighted by atomic mass is 10.1. The number of carbonyl (C=O) groups is 1. The molecule has 1 aromatic carbocycles. The first-order valence-corrected chi connectivity index (χ1v) is 8.83. The van der Waals surface area contributed by atoms with Crippen LogP contribution in [0.5, 0.6) is 0 Å². The summed E-state index contributed by atoms with van der Waals surface area (Å²) in [5.41, 5.74) is 3.75. The number of benzene rings is 1. The molecule has 3 aromatic heterocycles. The van der Waals surface area contributed by atoms with Gasteiger partial charge < -0.3 is 9.84 Å². The van der Waals surface area contributed by atoms with Gasteiger partial charge in [-0.15, -0.1) is 11.3 Å². The van der Waals surface area contributed by atoms with Crippen LogP contribution in [0, 0.1) is 6.92 Å². The molecule has 0 bridgehead atoms. The number of hydrogen-bond donors (Lipinski definition) is 1. The molecule has 0 saturated heterocycles. The average Bonchev–Trinajstić information content (AvgIpc) is 3.29. The van der Waals surface area contributed by atoms with E-state index >= 15 is 0 Å². The van der Waals surface area contributed by atoms with E-state index in [-0.39, 0.29) is 5.91 Å². The van der Waals surface area contributed by atoms with E-state index in [4.69, 9.17) is 4.52 Å². The molecule has 0 aliphatic carbocycles. The summed E-state index contributed by atoms with van der Waals surface area (Å²) in [6.07, 6.45) is 4.60. The summed E-state index contributed by atoms with van der Waals surface area (Å²) in [5, 5.41) is 8.77. The Labute approximate surface area is 148 Å². The van der Waals surface area contributed by atoms with Crippen molar-refractivity contribution in [2.75, 3.05) is 5.32 Å². The Morgan fingerprint density at radius 1 is 1.32 bits per heavy atom. The van der Waals surface area contributed by atoms with Gasteiger partial charge in [-0.25, -0.2) is 4.98 Å². The Bertz CT molecular complexity index is 1010. The van der Waals surface area contributed by atoms with Crippen LogP contribution in [0.4, 0.5) is 5.69 Å². The lowest BCUT2D eigenvalue weighted by Crippen LogP contribution is -2.14. The highest BCUT2D eigenvalue weighted by molar-refractivity contribution is 7.15. The number of carbonyl (C=O) groups excluding carboxylic acids is 1. The number of rotatable bonds is 4. The van der Waals surface area contributed by atoms with Crippen molar-refractivity contribution in [3.05, 3.63) is 59.1 Å². The van der Waals surface area contributed by atoms with Crippen LogP contribution < -0.4 is 5.32 Å². The SMILES string of the molecule is CCc1onc(C)c1C(=O)Nc1ccc(-c2cn3ccsc3n2)cc1. The minimum absolute atomic E-state index is 0.203.